The van der Waals surface area contributed by atoms with Gasteiger partial charge in [-0.05, 0) is 31.0 Å². The maximum atomic E-state index is 12.3. The largest absolute Gasteiger partial charge is 0.355 e. The van der Waals surface area contributed by atoms with E-state index in [2.05, 4.69) is 27.4 Å². The third-order valence-electron chi connectivity index (χ3n) is 4.59. The predicted molar refractivity (Wildman–Crippen MR) is 106 cm³/mol. The Hall–Kier alpha value is -1.63. The van der Waals surface area contributed by atoms with E-state index in [1.54, 1.807) is 0 Å². The summed E-state index contributed by atoms with van der Waals surface area (Å²) < 4.78 is 0. The van der Waals surface area contributed by atoms with E-state index in [1.807, 2.05) is 25.1 Å². The lowest BCUT2D eigenvalue weighted by atomic mass is 10.2. The standard InChI is InChI=1S/C19H29ClN4O2/c1-3-4-8-21-18(25)13-23-9-11-24(12-10-23)14-19(26)22-17-7-5-6-16(20)15(17)2/h5-7H,3-4,8-14H2,1-2H3,(H,21,25)(H,22,26). The van der Waals surface area contributed by atoms with E-state index in [0.29, 0.717) is 18.1 Å². The second-order valence-corrected chi connectivity index (χ2v) is 7.12. The molecular weight excluding hydrogens is 352 g/mol. The molecule has 6 nitrogen and oxygen atoms in total. The van der Waals surface area contributed by atoms with Gasteiger partial charge >= 0.3 is 0 Å². The Balaban J connectivity index is 1.70. The molecule has 0 aromatic heterocycles. The molecule has 0 radical (unpaired) electrons. The first-order chi connectivity index (χ1) is 12.5. The molecule has 0 aliphatic carbocycles. The average molecular weight is 381 g/mol. The smallest absolute Gasteiger partial charge is 0.238 e. The van der Waals surface area contributed by atoms with Crippen LogP contribution in [-0.4, -0.2) is 67.4 Å². The highest BCUT2D eigenvalue weighted by atomic mass is 35.5. The minimum absolute atomic E-state index is 0.0406. The van der Waals surface area contributed by atoms with Crippen molar-refractivity contribution in [3.05, 3.63) is 28.8 Å². The highest BCUT2D eigenvalue weighted by molar-refractivity contribution is 6.31. The highest BCUT2D eigenvalue weighted by Gasteiger charge is 2.20. The minimum Gasteiger partial charge on any atom is -0.355 e. The van der Waals surface area contributed by atoms with Crippen LogP contribution < -0.4 is 10.6 Å². The molecule has 2 N–H and O–H groups in total. The second kappa shape index (κ2) is 10.5. The van der Waals surface area contributed by atoms with E-state index >= 15 is 0 Å². The molecule has 1 aliphatic rings. The van der Waals surface area contributed by atoms with Gasteiger partial charge in [-0.1, -0.05) is 31.0 Å². The predicted octanol–water partition coefficient (Wildman–Crippen LogP) is 2.12. The summed E-state index contributed by atoms with van der Waals surface area (Å²) in [4.78, 5) is 28.4. The number of nitrogens with one attached hydrogen (secondary N) is 2. The quantitative estimate of drug-likeness (QED) is 0.678. The van der Waals surface area contributed by atoms with Crippen LogP contribution in [-0.2, 0) is 9.59 Å². The van der Waals surface area contributed by atoms with E-state index in [9.17, 15) is 9.59 Å². The van der Waals surface area contributed by atoms with Crippen LogP contribution in [0.4, 0.5) is 5.69 Å². The first-order valence-electron chi connectivity index (χ1n) is 9.26. The van der Waals surface area contributed by atoms with E-state index < -0.39 is 0 Å². The van der Waals surface area contributed by atoms with E-state index in [-0.39, 0.29) is 11.8 Å². The summed E-state index contributed by atoms with van der Waals surface area (Å²) in [6.07, 6.45) is 2.09. The fraction of sp³-hybridized carbons (Fsp3) is 0.579. The number of carbonyl (C=O) groups is 2. The Morgan fingerprint density at radius 3 is 2.31 bits per heavy atom. The Kier molecular flexibility index (Phi) is 8.35. The van der Waals surface area contributed by atoms with Gasteiger partial charge < -0.3 is 10.6 Å². The van der Waals surface area contributed by atoms with Crippen molar-refractivity contribution in [1.29, 1.82) is 0 Å². The number of unbranched alkanes of at least 4 members (excludes halogenated alkanes) is 1. The molecular formula is C19H29ClN4O2. The Morgan fingerprint density at radius 1 is 1.08 bits per heavy atom. The van der Waals surface area contributed by atoms with Crippen molar-refractivity contribution in [3.8, 4) is 0 Å². The summed E-state index contributed by atoms with van der Waals surface area (Å²) in [5.41, 5.74) is 1.63. The monoisotopic (exact) mass is 380 g/mol. The van der Waals surface area contributed by atoms with Crippen molar-refractivity contribution in [2.45, 2.75) is 26.7 Å². The van der Waals surface area contributed by atoms with E-state index in [4.69, 9.17) is 11.6 Å². The Labute approximate surface area is 160 Å². The van der Waals surface area contributed by atoms with Crippen molar-refractivity contribution in [1.82, 2.24) is 15.1 Å². The number of amides is 2. The fourth-order valence-electron chi connectivity index (χ4n) is 2.90. The molecule has 2 amide bonds. The topological polar surface area (TPSA) is 64.7 Å². The van der Waals surface area contributed by atoms with Crippen molar-refractivity contribution in [2.75, 3.05) is 51.1 Å². The summed E-state index contributed by atoms with van der Waals surface area (Å²) in [6, 6.07) is 5.49. The Bertz CT molecular complexity index is 616. The third-order valence-corrected chi connectivity index (χ3v) is 5.00. The maximum Gasteiger partial charge on any atom is 0.238 e. The number of nitrogens with zero attached hydrogens (tertiary/aromatic N) is 2. The molecule has 1 heterocycles. The van der Waals surface area contributed by atoms with Crippen molar-refractivity contribution < 1.29 is 9.59 Å². The molecule has 26 heavy (non-hydrogen) atoms. The van der Waals surface area contributed by atoms with Gasteiger partial charge in [-0.15, -0.1) is 0 Å². The molecule has 2 rings (SSSR count). The number of piperazine rings is 1. The fourth-order valence-corrected chi connectivity index (χ4v) is 3.08. The summed E-state index contributed by atoms with van der Waals surface area (Å²) in [5, 5.41) is 6.52. The molecule has 1 fully saturated rings. The summed E-state index contributed by atoms with van der Waals surface area (Å²) in [6.45, 7) is 8.69. The van der Waals surface area contributed by atoms with Crippen molar-refractivity contribution in [3.63, 3.8) is 0 Å². The lowest BCUT2D eigenvalue weighted by Gasteiger charge is -2.33. The molecule has 0 atom stereocenters. The van der Waals surface area contributed by atoms with Crippen LogP contribution in [0.3, 0.4) is 0 Å². The first kappa shape index (κ1) is 20.7. The maximum absolute atomic E-state index is 12.3. The molecule has 0 bridgehead atoms. The number of rotatable bonds is 8. The minimum atomic E-state index is -0.0406. The summed E-state index contributed by atoms with van der Waals surface area (Å²) in [5.74, 6) is 0.0437. The van der Waals surface area contributed by atoms with E-state index in [1.165, 1.54) is 0 Å². The van der Waals surface area contributed by atoms with Gasteiger partial charge in [-0.25, -0.2) is 0 Å². The molecule has 144 valence electrons. The summed E-state index contributed by atoms with van der Waals surface area (Å²) >= 11 is 6.09. The Morgan fingerprint density at radius 2 is 1.69 bits per heavy atom. The molecule has 1 saturated heterocycles. The summed E-state index contributed by atoms with van der Waals surface area (Å²) in [7, 11) is 0. The van der Waals surface area contributed by atoms with Gasteiger partial charge in [0.1, 0.15) is 0 Å². The molecule has 7 heteroatoms. The number of halogens is 1. The number of carbonyl (C=O) groups excluding carboxylic acids is 2. The van der Waals surface area contributed by atoms with Crippen LogP contribution in [0.25, 0.3) is 0 Å². The van der Waals surface area contributed by atoms with Gasteiger partial charge in [0.25, 0.3) is 0 Å². The zero-order valence-electron chi connectivity index (χ0n) is 15.7. The van der Waals surface area contributed by atoms with Gasteiger partial charge in [0.15, 0.2) is 0 Å². The normalized spacial score (nSPS) is 15.7. The van der Waals surface area contributed by atoms with Crippen LogP contribution >= 0.6 is 11.6 Å². The van der Waals surface area contributed by atoms with Gasteiger partial charge in [0, 0.05) is 43.4 Å². The number of hydrogen-bond acceptors (Lipinski definition) is 4. The number of anilines is 1. The molecule has 0 saturated carbocycles. The van der Waals surface area contributed by atoms with Gasteiger partial charge in [0.05, 0.1) is 13.1 Å². The van der Waals surface area contributed by atoms with Gasteiger partial charge in [-0.3, -0.25) is 19.4 Å². The molecule has 1 aliphatic heterocycles. The molecule has 0 unspecified atom stereocenters. The zero-order valence-corrected chi connectivity index (χ0v) is 16.4. The number of benzene rings is 1. The lowest BCUT2D eigenvalue weighted by molar-refractivity contribution is -0.123. The second-order valence-electron chi connectivity index (χ2n) is 6.72. The highest BCUT2D eigenvalue weighted by Crippen LogP contribution is 2.22. The average Bonchev–Trinajstić information content (AvgIpc) is 2.61. The van der Waals surface area contributed by atoms with Gasteiger partial charge in [-0.2, -0.15) is 0 Å². The van der Waals surface area contributed by atoms with Crippen LogP contribution in [0.1, 0.15) is 25.3 Å². The number of hydrogen-bond donors (Lipinski definition) is 2. The van der Waals surface area contributed by atoms with Crippen molar-refractivity contribution in [2.24, 2.45) is 0 Å². The van der Waals surface area contributed by atoms with Gasteiger partial charge in [0.2, 0.25) is 11.8 Å². The van der Waals surface area contributed by atoms with Crippen molar-refractivity contribution >= 4 is 29.1 Å². The van der Waals surface area contributed by atoms with Crippen LogP contribution in [0.15, 0.2) is 18.2 Å². The van der Waals surface area contributed by atoms with Crippen LogP contribution in [0.5, 0.6) is 0 Å². The van der Waals surface area contributed by atoms with E-state index in [0.717, 1.165) is 56.8 Å². The first-order valence-corrected chi connectivity index (χ1v) is 9.63. The molecule has 1 aromatic rings. The lowest BCUT2D eigenvalue weighted by Crippen LogP contribution is -2.51. The zero-order chi connectivity index (χ0) is 18.9. The molecule has 0 spiro atoms. The van der Waals surface area contributed by atoms with Crippen LogP contribution in [0.2, 0.25) is 5.02 Å². The molecule has 1 aromatic carbocycles. The third kappa shape index (κ3) is 6.59. The van der Waals surface area contributed by atoms with Crippen LogP contribution in [0, 0.1) is 6.92 Å². The SMILES string of the molecule is CCCCNC(=O)CN1CCN(CC(=O)Nc2cccc(Cl)c2C)CC1.